The molecule has 3 nitrogen and oxygen atoms in total. The number of halogens is 4. The molecule has 0 atom stereocenters. The Morgan fingerprint density at radius 1 is 1.11 bits per heavy atom. The number of aromatic nitrogens is 1. The van der Waals surface area contributed by atoms with Crippen LogP contribution in [0.1, 0.15) is 0 Å². The Bertz CT molecular complexity index is 581. The van der Waals surface area contributed by atoms with Crippen molar-refractivity contribution in [3.8, 4) is 17.0 Å². The number of hydrogen-bond acceptors (Lipinski definition) is 3. The smallest absolute Gasteiger partial charge is 0.406 e. The standard InChI is InChI=1S/C12H8F4N2O/c13-8-5-10(17)11(18-6-8)7-1-3-9(4-2-7)19-12(14,15)16/h1-6H,17H2. The van der Waals surface area contributed by atoms with Crippen LogP contribution in [0.5, 0.6) is 5.75 Å². The van der Waals surface area contributed by atoms with E-state index in [-0.39, 0.29) is 11.4 Å². The molecule has 1 aromatic carbocycles. The molecule has 19 heavy (non-hydrogen) atoms. The fraction of sp³-hybridized carbons (Fsp3) is 0.0833. The second-order valence-corrected chi connectivity index (χ2v) is 3.66. The van der Waals surface area contributed by atoms with Gasteiger partial charge in [0.25, 0.3) is 0 Å². The summed E-state index contributed by atoms with van der Waals surface area (Å²) >= 11 is 0. The SMILES string of the molecule is Nc1cc(F)cnc1-c1ccc(OC(F)(F)F)cc1. The van der Waals surface area contributed by atoms with Gasteiger partial charge in [-0.1, -0.05) is 0 Å². The summed E-state index contributed by atoms with van der Waals surface area (Å²) in [4.78, 5) is 3.79. The zero-order valence-electron chi connectivity index (χ0n) is 9.41. The summed E-state index contributed by atoms with van der Waals surface area (Å²) in [5.41, 5.74) is 6.44. The topological polar surface area (TPSA) is 48.1 Å². The molecule has 0 aliphatic carbocycles. The van der Waals surface area contributed by atoms with Gasteiger partial charge in [-0.3, -0.25) is 4.98 Å². The third-order valence-electron chi connectivity index (χ3n) is 2.25. The molecule has 0 aliphatic rings. The number of anilines is 1. The summed E-state index contributed by atoms with van der Waals surface area (Å²) in [6.07, 6.45) is -3.76. The largest absolute Gasteiger partial charge is 0.573 e. The number of nitrogens with two attached hydrogens (primary N) is 1. The average Bonchev–Trinajstić information content (AvgIpc) is 2.28. The number of hydrogen-bond donors (Lipinski definition) is 1. The van der Waals surface area contributed by atoms with E-state index in [0.717, 1.165) is 24.4 Å². The lowest BCUT2D eigenvalue weighted by molar-refractivity contribution is -0.274. The monoisotopic (exact) mass is 272 g/mol. The summed E-state index contributed by atoms with van der Waals surface area (Å²) in [5.74, 6) is -0.935. The fourth-order valence-corrected chi connectivity index (χ4v) is 1.51. The van der Waals surface area contributed by atoms with Crippen molar-refractivity contribution in [3.63, 3.8) is 0 Å². The second kappa shape index (κ2) is 4.75. The highest BCUT2D eigenvalue weighted by Gasteiger charge is 2.30. The van der Waals surface area contributed by atoms with Gasteiger partial charge in [0.15, 0.2) is 0 Å². The normalized spacial score (nSPS) is 11.4. The van der Waals surface area contributed by atoms with Crippen LogP contribution in [-0.4, -0.2) is 11.3 Å². The van der Waals surface area contributed by atoms with Gasteiger partial charge in [-0.15, -0.1) is 13.2 Å². The lowest BCUT2D eigenvalue weighted by Crippen LogP contribution is -2.16. The first-order chi connectivity index (χ1) is 8.85. The molecule has 0 saturated heterocycles. The Kier molecular flexibility index (Phi) is 3.28. The van der Waals surface area contributed by atoms with Gasteiger partial charge in [0, 0.05) is 11.6 Å². The van der Waals surface area contributed by atoms with Gasteiger partial charge in [0.2, 0.25) is 0 Å². The predicted octanol–water partition coefficient (Wildman–Crippen LogP) is 3.37. The molecular weight excluding hydrogens is 264 g/mol. The number of alkyl halides is 3. The summed E-state index contributed by atoms with van der Waals surface area (Å²) < 4.78 is 52.5. The molecule has 0 fully saturated rings. The molecule has 0 unspecified atom stereocenters. The Morgan fingerprint density at radius 3 is 2.26 bits per heavy atom. The van der Waals surface area contributed by atoms with Crippen molar-refractivity contribution in [2.75, 3.05) is 5.73 Å². The van der Waals surface area contributed by atoms with Crippen LogP contribution in [0.25, 0.3) is 11.3 Å². The van der Waals surface area contributed by atoms with E-state index < -0.39 is 12.2 Å². The molecule has 7 heteroatoms. The molecule has 100 valence electrons. The average molecular weight is 272 g/mol. The number of rotatable bonds is 2. The number of ether oxygens (including phenoxy) is 1. The Labute approximate surface area is 105 Å². The van der Waals surface area contributed by atoms with Crippen LogP contribution in [0.2, 0.25) is 0 Å². The highest BCUT2D eigenvalue weighted by molar-refractivity contribution is 5.72. The van der Waals surface area contributed by atoms with E-state index in [2.05, 4.69) is 9.72 Å². The Hall–Kier alpha value is -2.31. The van der Waals surface area contributed by atoms with Gasteiger partial charge in [0.1, 0.15) is 11.6 Å². The molecule has 0 amide bonds. The van der Waals surface area contributed by atoms with Crippen molar-refractivity contribution in [2.45, 2.75) is 6.36 Å². The van der Waals surface area contributed by atoms with Crippen molar-refractivity contribution in [3.05, 3.63) is 42.3 Å². The molecule has 0 aliphatic heterocycles. The molecule has 2 rings (SSSR count). The molecule has 0 bridgehead atoms. The van der Waals surface area contributed by atoms with Crippen LogP contribution in [0.4, 0.5) is 23.2 Å². The molecule has 0 radical (unpaired) electrons. The van der Waals surface area contributed by atoms with Crippen LogP contribution < -0.4 is 10.5 Å². The maximum Gasteiger partial charge on any atom is 0.573 e. The van der Waals surface area contributed by atoms with Gasteiger partial charge >= 0.3 is 6.36 Å². The minimum Gasteiger partial charge on any atom is -0.406 e. The molecule has 2 aromatic rings. The predicted molar refractivity (Wildman–Crippen MR) is 60.7 cm³/mol. The number of benzene rings is 1. The van der Waals surface area contributed by atoms with E-state index in [9.17, 15) is 17.6 Å². The van der Waals surface area contributed by atoms with Gasteiger partial charge in [-0.2, -0.15) is 0 Å². The van der Waals surface area contributed by atoms with Crippen LogP contribution in [0, 0.1) is 5.82 Å². The number of pyridine rings is 1. The summed E-state index contributed by atoms with van der Waals surface area (Å²) in [7, 11) is 0. The maximum atomic E-state index is 12.8. The molecule has 1 aromatic heterocycles. The quantitative estimate of drug-likeness (QED) is 0.853. The summed E-state index contributed by atoms with van der Waals surface area (Å²) in [6.45, 7) is 0. The summed E-state index contributed by atoms with van der Waals surface area (Å²) in [6, 6.07) is 6.07. The highest BCUT2D eigenvalue weighted by Crippen LogP contribution is 2.28. The molecule has 0 saturated carbocycles. The Morgan fingerprint density at radius 2 is 1.74 bits per heavy atom. The second-order valence-electron chi connectivity index (χ2n) is 3.66. The Balaban J connectivity index is 2.27. The number of nitrogen functional groups attached to an aromatic ring is 1. The minimum atomic E-state index is -4.74. The van der Waals surface area contributed by atoms with Crippen LogP contribution in [0.3, 0.4) is 0 Å². The van der Waals surface area contributed by atoms with Gasteiger partial charge in [-0.05, 0) is 24.3 Å². The van der Waals surface area contributed by atoms with E-state index in [1.54, 1.807) is 0 Å². The number of nitrogens with zero attached hydrogens (tertiary/aromatic N) is 1. The zero-order chi connectivity index (χ0) is 14.0. The van der Waals surface area contributed by atoms with Gasteiger partial charge in [-0.25, -0.2) is 4.39 Å². The molecule has 1 heterocycles. The first-order valence-electron chi connectivity index (χ1n) is 5.12. The van der Waals surface area contributed by atoms with Gasteiger partial charge in [0.05, 0.1) is 17.6 Å². The van der Waals surface area contributed by atoms with E-state index in [4.69, 9.17) is 5.73 Å². The molecule has 2 N–H and O–H groups in total. The zero-order valence-corrected chi connectivity index (χ0v) is 9.41. The van der Waals surface area contributed by atoms with Crippen molar-refractivity contribution in [1.82, 2.24) is 4.98 Å². The van der Waals surface area contributed by atoms with Crippen LogP contribution in [0.15, 0.2) is 36.5 Å². The van der Waals surface area contributed by atoms with Crippen molar-refractivity contribution >= 4 is 5.69 Å². The van der Waals surface area contributed by atoms with E-state index >= 15 is 0 Å². The third kappa shape index (κ3) is 3.34. The van der Waals surface area contributed by atoms with E-state index in [0.29, 0.717) is 11.3 Å². The maximum absolute atomic E-state index is 12.8. The first-order valence-corrected chi connectivity index (χ1v) is 5.12. The summed E-state index contributed by atoms with van der Waals surface area (Å²) in [5, 5.41) is 0. The lowest BCUT2D eigenvalue weighted by Gasteiger charge is -2.09. The van der Waals surface area contributed by atoms with Crippen molar-refractivity contribution in [1.29, 1.82) is 0 Å². The third-order valence-corrected chi connectivity index (χ3v) is 2.25. The highest BCUT2D eigenvalue weighted by atomic mass is 19.4. The first kappa shape index (κ1) is 13.1. The minimum absolute atomic E-state index is 0.101. The van der Waals surface area contributed by atoms with Crippen LogP contribution in [-0.2, 0) is 0 Å². The van der Waals surface area contributed by atoms with Crippen LogP contribution >= 0.6 is 0 Å². The molecule has 0 spiro atoms. The van der Waals surface area contributed by atoms with Crippen molar-refractivity contribution < 1.29 is 22.3 Å². The van der Waals surface area contributed by atoms with Crippen molar-refractivity contribution in [2.24, 2.45) is 0 Å². The fourth-order valence-electron chi connectivity index (χ4n) is 1.51. The molecular formula is C12H8F4N2O. The lowest BCUT2D eigenvalue weighted by atomic mass is 10.1. The van der Waals surface area contributed by atoms with Gasteiger partial charge < -0.3 is 10.5 Å². The van der Waals surface area contributed by atoms with E-state index in [1.807, 2.05) is 0 Å². The van der Waals surface area contributed by atoms with E-state index in [1.165, 1.54) is 12.1 Å².